The lowest BCUT2D eigenvalue weighted by molar-refractivity contribution is -0.116. The van der Waals surface area contributed by atoms with Crippen LogP contribution in [0.1, 0.15) is 0 Å². The van der Waals surface area contributed by atoms with Gasteiger partial charge in [0.25, 0.3) is 5.56 Å². The van der Waals surface area contributed by atoms with Crippen LogP contribution >= 0.6 is 15.9 Å². The summed E-state index contributed by atoms with van der Waals surface area (Å²) in [6.07, 6.45) is 4.69. The number of hydrogen-bond acceptors (Lipinski definition) is 3. The molecule has 0 aliphatic rings. The fourth-order valence-corrected chi connectivity index (χ4v) is 1.66. The van der Waals surface area contributed by atoms with E-state index in [0.29, 0.717) is 5.95 Å². The number of aromatic nitrogens is 3. The van der Waals surface area contributed by atoms with Crippen molar-refractivity contribution < 1.29 is 4.79 Å². The van der Waals surface area contributed by atoms with Crippen molar-refractivity contribution in [1.29, 1.82) is 0 Å². The van der Waals surface area contributed by atoms with E-state index < -0.39 is 0 Å². The molecule has 0 bridgehead atoms. The quantitative estimate of drug-likeness (QED) is 0.886. The third-order valence-electron chi connectivity index (χ3n) is 2.02. The van der Waals surface area contributed by atoms with Gasteiger partial charge in [0.1, 0.15) is 6.54 Å². The number of nitrogens with one attached hydrogen (secondary N) is 2. The van der Waals surface area contributed by atoms with E-state index in [2.05, 4.69) is 31.2 Å². The third kappa shape index (κ3) is 3.04. The predicted octanol–water partition coefficient (Wildman–Crippen LogP) is 0.973. The van der Waals surface area contributed by atoms with Gasteiger partial charge in [-0.3, -0.25) is 14.9 Å². The zero-order chi connectivity index (χ0) is 12.3. The molecule has 0 atom stereocenters. The highest BCUT2D eigenvalue weighted by Gasteiger charge is 2.06. The van der Waals surface area contributed by atoms with Gasteiger partial charge < -0.3 is 9.55 Å². The minimum absolute atomic E-state index is 0.0566. The second-order valence-corrected chi connectivity index (χ2v) is 4.22. The number of carbonyl (C=O) groups is 1. The molecule has 2 aromatic heterocycles. The van der Waals surface area contributed by atoms with Crippen LogP contribution in [-0.4, -0.2) is 20.4 Å². The first-order chi connectivity index (χ1) is 8.15. The number of imidazole rings is 1. The molecule has 0 unspecified atom stereocenters. The highest BCUT2D eigenvalue weighted by molar-refractivity contribution is 9.10. The maximum absolute atomic E-state index is 11.6. The summed E-state index contributed by atoms with van der Waals surface area (Å²) < 4.78 is 2.05. The summed E-state index contributed by atoms with van der Waals surface area (Å²) in [4.78, 5) is 29.6. The van der Waals surface area contributed by atoms with Gasteiger partial charge in [0, 0.05) is 29.1 Å². The Morgan fingerprint density at radius 1 is 1.53 bits per heavy atom. The second kappa shape index (κ2) is 4.96. The Hall–Kier alpha value is -1.89. The summed E-state index contributed by atoms with van der Waals surface area (Å²) in [5, 5.41) is 2.54. The van der Waals surface area contributed by atoms with Crippen LogP contribution in [0.4, 0.5) is 5.95 Å². The molecule has 2 aromatic rings. The third-order valence-corrected chi connectivity index (χ3v) is 2.49. The largest absolute Gasteiger partial charge is 0.331 e. The molecule has 2 rings (SSSR count). The molecular formula is C10H9BrN4O2. The number of pyridine rings is 1. The molecule has 0 aliphatic carbocycles. The smallest absolute Gasteiger partial charge is 0.251 e. The zero-order valence-electron chi connectivity index (χ0n) is 8.68. The molecule has 6 nitrogen and oxygen atoms in total. The van der Waals surface area contributed by atoms with E-state index in [0.717, 1.165) is 4.47 Å². The molecule has 0 spiro atoms. The van der Waals surface area contributed by atoms with Gasteiger partial charge in [-0.25, -0.2) is 4.98 Å². The Balaban J connectivity index is 2.08. The Morgan fingerprint density at radius 3 is 3.06 bits per heavy atom. The molecule has 7 heteroatoms. The number of rotatable bonds is 3. The molecule has 2 N–H and O–H groups in total. The first-order valence-electron chi connectivity index (χ1n) is 4.80. The number of amides is 1. The zero-order valence-corrected chi connectivity index (χ0v) is 10.3. The second-order valence-electron chi connectivity index (χ2n) is 3.30. The van der Waals surface area contributed by atoms with E-state index in [4.69, 9.17) is 0 Å². The first-order valence-corrected chi connectivity index (χ1v) is 5.59. The van der Waals surface area contributed by atoms with E-state index in [1.54, 1.807) is 18.5 Å². The van der Waals surface area contributed by atoms with E-state index in [-0.39, 0.29) is 18.0 Å². The van der Waals surface area contributed by atoms with Crippen molar-refractivity contribution in [2.75, 3.05) is 5.32 Å². The van der Waals surface area contributed by atoms with E-state index in [1.807, 2.05) is 0 Å². The minimum atomic E-state index is -0.319. The highest BCUT2D eigenvalue weighted by atomic mass is 79.9. The number of halogens is 1. The van der Waals surface area contributed by atoms with E-state index >= 15 is 0 Å². The van der Waals surface area contributed by atoms with Crippen LogP contribution < -0.4 is 10.9 Å². The lowest BCUT2D eigenvalue weighted by Gasteiger charge is -2.05. The van der Waals surface area contributed by atoms with Gasteiger partial charge in [-0.15, -0.1) is 0 Å². The highest BCUT2D eigenvalue weighted by Crippen LogP contribution is 2.05. The van der Waals surface area contributed by atoms with E-state index in [1.165, 1.54) is 16.8 Å². The van der Waals surface area contributed by atoms with Crippen molar-refractivity contribution in [1.82, 2.24) is 14.5 Å². The molecule has 0 radical (unpaired) electrons. The fraction of sp³-hybridized carbons (Fsp3) is 0.100. The standard InChI is InChI=1S/C10H9BrN4O2/c11-7-1-2-9(17)15(5-7)6-8(16)14-10-12-3-4-13-10/h1-5H,6H2,(H2,12,13,14,16). The molecule has 0 aliphatic heterocycles. The molecule has 0 fully saturated rings. The minimum Gasteiger partial charge on any atom is -0.331 e. The van der Waals surface area contributed by atoms with Crippen molar-refractivity contribution in [2.24, 2.45) is 0 Å². The van der Waals surface area contributed by atoms with Crippen LogP contribution in [0.2, 0.25) is 0 Å². The van der Waals surface area contributed by atoms with Crippen molar-refractivity contribution >= 4 is 27.8 Å². The van der Waals surface area contributed by atoms with Gasteiger partial charge in [0.2, 0.25) is 11.9 Å². The van der Waals surface area contributed by atoms with Gasteiger partial charge in [-0.1, -0.05) is 0 Å². The van der Waals surface area contributed by atoms with Crippen LogP contribution in [0.15, 0.2) is 40.0 Å². The molecule has 1 amide bonds. The molecule has 0 saturated carbocycles. The Bertz CT molecular complexity index is 576. The summed E-state index contributed by atoms with van der Waals surface area (Å²) in [5.41, 5.74) is -0.234. The van der Waals surface area contributed by atoms with Crippen LogP contribution in [0, 0.1) is 0 Å². The van der Waals surface area contributed by atoms with Crippen LogP contribution in [0.3, 0.4) is 0 Å². The molecule has 2 heterocycles. The van der Waals surface area contributed by atoms with Crippen molar-refractivity contribution in [2.45, 2.75) is 6.54 Å². The van der Waals surface area contributed by atoms with Crippen LogP contribution in [0.25, 0.3) is 0 Å². The monoisotopic (exact) mass is 296 g/mol. The maximum atomic E-state index is 11.6. The number of hydrogen-bond donors (Lipinski definition) is 2. The van der Waals surface area contributed by atoms with Crippen molar-refractivity contribution in [3.05, 3.63) is 45.5 Å². The fourth-order valence-electron chi connectivity index (χ4n) is 1.29. The molecular weight excluding hydrogens is 288 g/mol. The van der Waals surface area contributed by atoms with Gasteiger partial charge in [-0.05, 0) is 22.0 Å². The summed E-state index contributed by atoms with van der Waals surface area (Å²) >= 11 is 3.24. The Kier molecular flexibility index (Phi) is 3.38. The number of anilines is 1. The summed E-state index contributed by atoms with van der Waals surface area (Å²) in [7, 11) is 0. The summed E-state index contributed by atoms with van der Waals surface area (Å²) in [6, 6.07) is 3.02. The average Bonchev–Trinajstić information content (AvgIpc) is 2.76. The van der Waals surface area contributed by atoms with Crippen LogP contribution in [-0.2, 0) is 11.3 Å². The lowest BCUT2D eigenvalue weighted by Crippen LogP contribution is -2.27. The SMILES string of the molecule is O=C(Cn1cc(Br)ccc1=O)Nc1ncc[nH]1. The Labute approximate surface area is 105 Å². The first kappa shape index (κ1) is 11.6. The number of nitrogens with zero attached hydrogens (tertiary/aromatic N) is 2. The lowest BCUT2D eigenvalue weighted by atomic mass is 10.4. The molecule has 0 aromatic carbocycles. The number of H-pyrrole nitrogens is 1. The van der Waals surface area contributed by atoms with Gasteiger partial charge in [0.15, 0.2) is 0 Å². The van der Waals surface area contributed by atoms with Crippen LogP contribution in [0.5, 0.6) is 0 Å². The molecule has 0 saturated heterocycles. The van der Waals surface area contributed by atoms with Gasteiger partial charge in [0.05, 0.1) is 0 Å². The normalized spacial score (nSPS) is 10.2. The van der Waals surface area contributed by atoms with Crippen molar-refractivity contribution in [3.63, 3.8) is 0 Å². The number of aromatic amines is 1. The van der Waals surface area contributed by atoms with Crippen molar-refractivity contribution in [3.8, 4) is 0 Å². The number of carbonyl (C=O) groups excluding carboxylic acids is 1. The average molecular weight is 297 g/mol. The Morgan fingerprint density at radius 2 is 2.35 bits per heavy atom. The maximum Gasteiger partial charge on any atom is 0.251 e. The molecule has 17 heavy (non-hydrogen) atoms. The van der Waals surface area contributed by atoms with Gasteiger partial charge >= 0.3 is 0 Å². The summed E-state index contributed by atoms with van der Waals surface area (Å²) in [6.45, 7) is -0.0566. The van der Waals surface area contributed by atoms with E-state index in [9.17, 15) is 9.59 Å². The predicted molar refractivity (Wildman–Crippen MR) is 65.6 cm³/mol. The summed E-state index contributed by atoms with van der Waals surface area (Å²) in [5.74, 6) is 0.0400. The van der Waals surface area contributed by atoms with Gasteiger partial charge in [-0.2, -0.15) is 0 Å². The molecule has 88 valence electrons. The topological polar surface area (TPSA) is 79.8 Å².